The van der Waals surface area contributed by atoms with Crippen molar-refractivity contribution in [3.05, 3.63) is 46.7 Å². The second-order valence-electron chi connectivity index (χ2n) is 12.4. The zero-order valence-electron chi connectivity index (χ0n) is 25.4. The number of aromatic nitrogens is 2. The lowest BCUT2D eigenvalue weighted by Gasteiger charge is -2.30. The third-order valence-corrected chi connectivity index (χ3v) is 5.52. The molecule has 0 aliphatic rings. The summed E-state index contributed by atoms with van der Waals surface area (Å²) in [7, 11) is 0. The van der Waals surface area contributed by atoms with Crippen LogP contribution in [0.3, 0.4) is 0 Å². The van der Waals surface area contributed by atoms with Crippen molar-refractivity contribution in [2.24, 2.45) is 0 Å². The minimum Gasteiger partial charge on any atom is -0.444 e. The fourth-order valence-electron chi connectivity index (χ4n) is 3.38. The molecule has 1 aromatic heterocycles. The number of carbonyl (C=O) groups is 3. The molecule has 41 heavy (non-hydrogen) atoms. The molecule has 2 amide bonds. The molecule has 12 heteroatoms. The Hall–Kier alpha value is -3.12. The average Bonchev–Trinajstić information content (AvgIpc) is 3.27. The Morgan fingerprint density at radius 3 is 2.07 bits per heavy atom. The molecule has 0 saturated heterocycles. The first-order valence-electron chi connectivity index (χ1n) is 13.4. The van der Waals surface area contributed by atoms with Crippen LogP contribution in [-0.2, 0) is 25.6 Å². The number of nitrogens with one attached hydrogen (secondary N) is 1. The van der Waals surface area contributed by atoms with Crippen LogP contribution in [0.2, 0.25) is 0 Å². The topological polar surface area (TPSA) is 121 Å². The molecule has 0 spiro atoms. The molecule has 2 aromatic rings. The molecule has 0 fully saturated rings. The maximum absolute atomic E-state index is 13.5. The van der Waals surface area contributed by atoms with Gasteiger partial charge in [-0.3, -0.25) is 0 Å². The van der Waals surface area contributed by atoms with E-state index in [1.165, 1.54) is 17.3 Å². The first-order valence-corrected chi connectivity index (χ1v) is 14.2. The predicted molar refractivity (Wildman–Crippen MR) is 159 cm³/mol. The molecule has 2 rings (SSSR count). The van der Waals surface area contributed by atoms with Crippen LogP contribution in [0, 0.1) is 0 Å². The number of carbonyl (C=O) groups excluding carboxylic acids is 3. The lowest BCUT2D eigenvalue weighted by molar-refractivity contribution is 0.0283. The van der Waals surface area contributed by atoms with Crippen LogP contribution in [0.4, 0.5) is 20.3 Å². The summed E-state index contributed by atoms with van der Waals surface area (Å²) in [6.45, 7) is 16.2. The maximum atomic E-state index is 13.5. The lowest BCUT2D eigenvalue weighted by atomic mass is 10.2. The zero-order valence-corrected chi connectivity index (χ0v) is 27.0. The highest BCUT2D eigenvalue weighted by molar-refractivity contribution is 9.10. The number of hydrogen-bond donors (Lipinski definition) is 1. The van der Waals surface area contributed by atoms with Crippen LogP contribution in [0.25, 0.3) is 0 Å². The third-order valence-electron chi connectivity index (χ3n) is 4.99. The highest BCUT2D eigenvalue weighted by atomic mass is 79.9. The van der Waals surface area contributed by atoms with E-state index in [1.54, 1.807) is 62.3 Å². The van der Waals surface area contributed by atoms with Crippen molar-refractivity contribution in [2.45, 2.75) is 98.2 Å². The predicted octanol–water partition coefficient (Wildman–Crippen LogP) is 6.67. The summed E-state index contributed by atoms with van der Waals surface area (Å²) in [4.78, 5) is 44.2. The zero-order chi connectivity index (χ0) is 31.0. The minimum absolute atomic E-state index is 0.0193. The van der Waals surface area contributed by atoms with Crippen molar-refractivity contribution in [2.75, 3.05) is 18.0 Å². The fourth-order valence-corrected chi connectivity index (χ4v) is 3.64. The summed E-state index contributed by atoms with van der Waals surface area (Å²) in [5.74, 6) is 0.0193. The number of alkyl carbamates (subject to hydrolysis) is 1. The standard InChI is InChI=1S/C29H43BrN4O7/c1-27(2,3)39-24(35)32-15-14-22(38-19-20-10-12-21(30)13-11-20)18-34(26(37)41-29(7,8)9)23-31-16-17-33(23)25(36)40-28(4,5)6/h10-13,16-17,22H,14-15,18-19H2,1-9H3,(H,32,35)/t22-/m1/s1. The van der Waals surface area contributed by atoms with Gasteiger partial charge in [0.15, 0.2) is 0 Å². The molecular weight excluding hydrogens is 596 g/mol. The number of rotatable bonds is 9. The SMILES string of the molecule is CC(C)(C)OC(=O)NCC[C@H](CN(C(=O)OC(C)(C)C)c1nccn1C(=O)OC(C)(C)C)OCc1ccc(Br)cc1. The van der Waals surface area contributed by atoms with E-state index in [4.69, 9.17) is 18.9 Å². The van der Waals surface area contributed by atoms with Gasteiger partial charge in [0.2, 0.25) is 5.95 Å². The van der Waals surface area contributed by atoms with Gasteiger partial charge < -0.3 is 24.3 Å². The van der Waals surface area contributed by atoms with Crippen molar-refractivity contribution in [1.29, 1.82) is 0 Å². The van der Waals surface area contributed by atoms with Crippen LogP contribution in [0.1, 0.15) is 74.3 Å². The summed E-state index contributed by atoms with van der Waals surface area (Å²) in [6.07, 6.45) is 0.574. The molecule has 0 aliphatic carbocycles. The molecule has 1 aromatic carbocycles. The molecule has 0 aliphatic heterocycles. The molecule has 0 saturated carbocycles. The van der Waals surface area contributed by atoms with Crippen LogP contribution >= 0.6 is 15.9 Å². The highest BCUT2D eigenvalue weighted by Gasteiger charge is 2.32. The van der Waals surface area contributed by atoms with Gasteiger partial charge in [-0.15, -0.1) is 0 Å². The molecule has 11 nitrogen and oxygen atoms in total. The number of imidazole rings is 1. The van der Waals surface area contributed by atoms with Gasteiger partial charge in [-0.25, -0.2) is 28.8 Å². The molecular formula is C29H43BrN4O7. The summed E-state index contributed by atoms with van der Waals surface area (Å²) in [6, 6.07) is 7.65. The third kappa shape index (κ3) is 12.9. The smallest absolute Gasteiger partial charge is 0.421 e. The van der Waals surface area contributed by atoms with E-state index in [9.17, 15) is 14.4 Å². The summed E-state index contributed by atoms with van der Waals surface area (Å²) in [5.41, 5.74) is -1.31. The van der Waals surface area contributed by atoms with Crippen molar-refractivity contribution in [3.63, 3.8) is 0 Å². The van der Waals surface area contributed by atoms with Crippen LogP contribution in [-0.4, -0.2) is 63.8 Å². The quantitative estimate of drug-likeness (QED) is 0.302. The van der Waals surface area contributed by atoms with Gasteiger partial charge in [-0.05, 0) is 86.4 Å². The molecule has 1 atom stereocenters. The molecule has 1 N–H and O–H groups in total. The van der Waals surface area contributed by atoms with E-state index in [0.29, 0.717) is 6.42 Å². The molecule has 0 bridgehead atoms. The minimum atomic E-state index is -0.815. The number of halogens is 1. The first kappa shape index (κ1) is 34.1. The number of benzene rings is 1. The Bertz CT molecular complexity index is 1160. The van der Waals surface area contributed by atoms with E-state index in [0.717, 1.165) is 14.6 Å². The van der Waals surface area contributed by atoms with Gasteiger partial charge in [0.1, 0.15) is 16.8 Å². The molecule has 0 radical (unpaired) electrons. The van der Waals surface area contributed by atoms with Gasteiger partial charge in [0, 0.05) is 23.4 Å². The summed E-state index contributed by atoms with van der Waals surface area (Å²) >= 11 is 3.43. The Kier molecular flexibility index (Phi) is 11.8. The lowest BCUT2D eigenvalue weighted by Crippen LogP contribution is -2.45. The van der Waals surface area contributed by atoms with E-state index in [2.05, 4.69) is 26.2 Å². The number of nitrogens with zero attached hydrogens (tertiary/aromatic N) is 3. The monoisotopic (exact) mass is 638 g/mol. The van der Waals surface area contributed by atoms with Crippen molar-refractivity contribution in [1.82, 2.24) is 14.9 Å². The van der Waals surface area contributed by atoms with Gasteiger partial charge >= 0.3 is 18.3 Å². The molecule has 0 unspecified atom stereocenters. The Morgan fingerprint density at radius 2 is 1.51 bits per heavy atom. The van der Waals surface area contributed by atoms with Crippen LogP contribution in [0.5, 0.6) is 0 Å². The van der Waals surface area contributed by atoms with Crippen LogP contribution in [0.15, 0.2) is 41.1 Å². The second-order valence-corrected chi connectivity index (χ2v) is 13.4. The van der Waals surface area contributed by atoms with Crippen molar-refractivity contribution < 1.29 is 33.3 Å². The molecule has 228 valence electrons. The van der Waals surface area contributed by atoms with Crippen molar-refractivity contribution in [3.8, 4) is 0 Å². The Morgan fingerprint density at radius 1 is 0.927 bits per heavy atom. The molecule has 1 heterocycles. The second kappa shape index (κ2) is 14.2. The fraction of sp³-hybridized carbons (Fsp3) is 0.586. The van der Waals surface area contributed by atoms with Crippen molar-refractivity contribution >= 4 is 40.2 Å². The largest absolute Gasteiger partial charge is 0.444 e. The van der Waals surface area contributed by atoms with E-state index in [1.807, 2.05) is 24.3 Å². The average molecular weight is 640 g/mol. The van der Waals surface area contributed by atoms with E-state index in [-0.39, 0.29) is 25.6 Å². The van der Waals surface area contributed by atoms with Crippen LogP contribution < -0.4 is 10.2 Å². The van der Waals surface area contributed by atoms with Gasteiger partial charge in [-0.2, -0.15) is 0 Å². The maximum Gasteiger partial charge on any atom is 0.421 e. The van der Waals surface area contributed by atoms with Gasteiger partial charge in [0.25, 0.3) is 0 Å². The highest BCUT2D eigenvalue weighted by Crippen LogP contribution is 2.21. The first-order chi connectivity index (χ1) is 18.8. The number of amides is 2. The number of ether oxygens (including phenoxy) is 4. The van der Waals surface area contributed by atoms with Gasteiger partial charge in [0.05, 0.1) is 19.3 Å². The summed E-state index contributed by atoms with van der Waals surface area (Å²) in [5, 5.41) is 2.73. The normalized spacial score (nSPS) is 12.8. The summed E-state index contributed by atoms with van der Waals surface area (Å²) < 4.78 is 24.8. The van der Waals surface area contributed by atoms with E-state index >= 15 is 0 Å². The Labute approximate surface area is 251 Å². The number of anilines is 1. The Balaban J connectivity index is 2.34. The van der Waals surface area contributed by atoms with E-state index < -0.39 is 41.2 Å². The number of hydrogen-bond acceptors (Lipinski definition) is 8. The van der Waals surface area contributed by atoms with Gasteiger partial charge in [-0.1, -0.05) is 28.1 Å².